The van der Waals surface area contributed by atoms with Gasteiger partial charge in [-0.2, -0.15) is 0 Å². The topological polar surface area (TPSA) is 98.7 Å². The average Bonchev–Trinajstić information content (AvgIpc) is 3.40. The number of esters is 1. The van der Waals surface area contributed by atoms with Gasteiger partial charge in [-0.1, -0.05) is 6.07 Å². The lowest BCUT2D eigenvalue weighted by atomic mass is 10.2. The maximum atomic E-state index is 12.4. The van der Waals surface area contributed by atoms with Crippen molar-refractivity contribution in [1.82, 2.24) is 10.2 Å². The first-order chi connectivity index (χ1) is 13.5. The van der Waals surface area contributed by atoms with E-state index < -0.39 is 5.97 Å². The van der Waals surface area contributed by atoms with Gasteiger partial charge in [0.05, 0.1) is 11.1 Å². The van der Waals surface area contributed by atoms with Crippen molar-refractivity contribution in [2.45, 2.75) is 33.3 Å². The van der Waals surface area contributed by atoms with Crippen LogP contribution in [0.4, 0.5) is 5.69 Å². The summed E-state index contributed by atoms with van der Waals surface area (Å²) >= 11 is 0. The highest BCUT2D eigenvalue weighted by Crippen LogP contribution is 2.26. The molecule has 1 saturated heterocycles. The van der Waals surface area contributed by atoms with Crippen molar-refractivity contribution in [3.8, 4) is 11.5 Å². The molecule has 0 atom stereocenters. The molecule has 8 heteroatoms. The van der Waals surface area contributed by atoms with Crippen molar-refractivity contribution < 1.29 is 23.2 Å². The second kappa shape index (κ2) is 7.30. The fraction of sp³-hybridized carbons (Fsp3) is 0.300. The number of hydrogen-bond donors (Lipinski definition) is 0. The van der Waals surface area contributed by atoms with Crippen molar-refractivity contribution in [1.29, 1.82) is 0 Å². The van der Waals surface area contributed by atoms with Crippen LogP contribution < -0.4 is 4.90 Å². The summed E-state index contributed by atoms with van der Waals surface area (Å²) in [5.41, 5.74) is 1.77. The van der Waals surface area contributed by atoms with E-state index in [2.05, 4.69) is 10.2 Å². The number of ether oxygens (including phenoxy) is 1. The number of nitrogens with zero attached hydrogens (tertiary/aromatic N) is 3. The predicted octanol–water partition coefficient (Wildman–Crippen LogP) is 3.43. The van der Waals surface area contributed by atoms with E-state index in [9.17, 15) is 9.59 Å². The predicted molar refractivity (Wildman–Crippen MR) is 98.6 cm³/mol. The van der Waals surface area contributed by atoms with E-state index in [4.69, 9.17) is 13.6 Å². The second-order valence-electron chi connectivity index (χ2n) is 6.60. The quantitative estimate of drug-likeness (QED) is 0.624. The summed E-state index contributed by atoms with van der Waals surface area (Å²) in [5, 5.41) is 7.88. The summed E-state index contributed by atoms with van der Waals surface area (Å²) in [4.78, 5) is 25.9. The van der Waals surface area contributed by atoms with Crippen molar-refractivity contribution in [2.75, 3.05) is 11.4 Å². The third-order valence-electron chi connectivity index (χ3n) is 4.53. The molecule has 0 spiro atoms. The van der Waals surface area contributed by atoms with E-state index >= 15 is 0 Å². The van der Waals surface area contributed by atoms with Crippen LogP contribution in [-0.4, -0.2) is 28.6 Å². The molecule has 1 aliphatic heterocycles. The van der Waals surface area contributed by atoms with E-state index in [-0.39, 0.29) is 18.4 Å². The summed E-state index contributed by atoms with van der Waals surface area (Å²) in [6.45, 7) is 4.16. The van der Waals surface area contributed by atoms with Crippen LogP contribution in [0.25, 0.3) is 11.5 Å². The van der Waals surface area contributed by atoms with E-state index in [0.29, 0.717) is 41.4 Å². The maximum absolute atomic E-state index is 12.4. The standard InChI is InChI=1S/C20H19N3O5/c1-12-9-16(13(2)27-12)19-22-21-17(28-19)11-26-20(25)14-5-3-6-15(10-14)23-8-4-7-18(23)24/h3,5-6,9-10H,4,7-8,11H2,1-2H3. The van der Waals surface area contributed by atoms with Crippen molar-refractivity contribution >= 4 is 17.6 Å². The second-order valence-corrected chi connectivity index (χ2v) is 6.60. The molecule has 0 aliphatic carbocycles. The number of amides is 1. The molecule has 1 aromatic carbocycles. The third kappa shape index (κ3) is 3.53. The first-order valence-corrected chi connectivity index (χ1v) is 8.98. The van der Waals surface area contributed by atoms with Gasteiger partial charge in [-0.05, 0) is 44.5 Å². The van der Waals surface area contributed by atoms with E-state index in [0.717, 1.165) is 12.2 Å². The third-order valence-corrected chi connectivity index (χ3v) is 4.53. The maximum Gasteiger partial charge on any atom is 0.338 e. The smallest absolute Gasteiger partial charge is 0.338 e. The molecule has 4 rings (SSSR count). The molecule has 144 valence electrons. The molecule has 0 radical (unpaired) electrons. The van der Waals surface area contributed by atoms with Gasteiger partial charge in [0, 0.05) is 18.7 Å². The van der Waals surface area contributed by atoms with Gasteiger partial charge in [-0.3, -0.25) is 4.79 Å². The van der Waals surface area contributed by atoms with Gasteiger partial charge in [0.1, 0.15) is 11.5 Å². The number of rotatable bonds is 5. The zero-order valence-corrected chi connectivity index (χ0v) is 15.6. The minimum absolute atomic E-state index is 0.0636. The van der Waals surface area contributed by atoms with Crippen molar-refractivity contribution in [2.24, 2.45) is 0 Å². The Morgan fingerprint density at radius 2 is 2.07 bits per heavy atom. The van der Waals surface area contributed by atoms with Gasteiger partial charge < -0.3 is 18.5 Å². The number of hydrogen-bond acceptors (Lipinski definition) is 7. The Morgan fingerprint density at radius 3 is 2.79 bits per heavy atom. The molecule has 1 fully saturated rings. The Morgan fingerprint density at radius 1 is 1.21 bits per heavy atom. The number of carbonyl (C=O) groups excluding carboxylic acids is 2. The highest BCUT2D eigenvalue weighted by molar-refractivity contribution is 5.97. The average molecular weight is 381 g/mol. The zero-order chi connectivity index (χ0) is 19.7. The van der Waals surface area contributed by atoms with Crippen LogP contribution in [0.1, 0.15) is 40.6 Å². The molecule has 0 N–H and O–H groups in total. The van der Waals surface area contributed by atoms with Crippen molar-refractivity contribution in [3.05, 3.63) is 53.3 Å². The number of furan rings is 1. The number of carbonyl (C=O) groups is 2. The molecule has 3 aromatic rings. The zero-order valence-electron chi connectivity index (χ0n) is 15.6. The molecule has 8 nitrogen and oxygen atoms in total. The first-order valence-electron chi connectivity index (χ1n) is 8.98. The van der Waals surface area contributed by atoms with E-state index in [1.807, 2.05) is 19.9 Å². The lowest BCUT2D eigenvalue weighted by Crippen LogP contribution is -2.23. The normalized spacial score (nSPS) is 13.9. The minimum Gasteiger partial charge on any atom is -0.466 e. The molecule has 1 amide bonds. The summed E-state index contributed by atoms with van der Waals surface area (Å²) < 4.78 is 16.3. The molecule has 3 heterocycles. The molecule has 2 aromatic heterocycles. The SMILES string of the molecule is Cc1cc(-c2nnc(COC(=O)c3cccc(N4CCCC4=O)c3)o2)c(C)o1. The molecule has 1 aliphatic rings. The molecular weight excluding hydrogens is 362 g/mol. The number of benzene rings is 1. The summed E-state index contributed by atoms with van der Waals surface area (Å²) in [5.74, 6) is 1.47. The van der Waals surface area contributed by atoms with Crippen LogP contribution in [0.5, 0.6) is 0 Å². The molecule has 0 bridgehead atoms. The molecule has 0 saturated carbocycles. The summed E-state index contributed by atoms with van der Waals surface area (Å²) in [6, 6.07) is 8.64. The molecule has 0 unspecified atom stereocenters. The Hall–Kier alpha value is -3.42. The number of aryl methyl sites for hydroxylation is 2. The van der Waals surface area contributed by atoms with Crippen LogP contribution in [0, 0.1) is 13.8 Å². The number of aromatic nitrogens is 2. The summed E-state index contributed by atoms with van der Waals surface area (Å²) in [6.07, 6.45) is 1.35. The summed E-state index contributed by atoms with van der Waals surface area (Å²) in [7, 11) is 0. The van der Waals surface area contributed by atoms with Crippen LogP contribution in [0.15, 0.2) is 39.2 Å². The minimum atomic E-state index is -0.524. The van der Waals surface area contributed by atoms with Gasteiger partial charge in [0.15, 0.2) is 6.61 Å². The van der Waals surface area contributed by atoms with E-state index in [1.54, 1.807) is 29.2 Å². The fourth-order valence-corrected chi connectivity index (χ4v) is 3.20. The van der Waals surface area contributed by atoms with Gasteiger partial charge in [0.2, 0.25) is 5.91 Å². The lowest BCUT2D eigenvalue weighted by molar-refractivity contribution is -0.117. The molecule has 28 heavy (non-hydrogen) atoms. The van der Waals surface area contributed by atoms with Gasteiger partial charge in [-0.15, -0.1) is 10.2 Å². The Bertz CT molecular complexity index is 1040. The van der Waals surface area contributed by atoms with Crippen LogP contribution in [0.2, 0.25) is 0 Å². The first kappa shape index (κ1) is 18.0. The monoisotopic (exact) mass is 381 g/mol. The van der Waals surface area contributed by atoms with Crippen LogP contribution in [-0.2, 0) is 16.1 Å². The fourth-order valence-electron chi connectivity index (χ4n) is 3.20. The van der Waals surface area contributed by atoms with Crippen molar-refractivity contribution in [3.63, 3.8) is 0 Å². The highest BCUT2D eigenvalue weighted by atomic mass is 16.5. The Balaban J connectivity index is 1.42. The lowest BCUT2D eigenvalue weighted by Gasteiger charge is -2.16. The highest BCUT2D eigenvalue weighted by Gasteiger charge is 2.22. The van der Waals surface area contributed by atoms with Gasteiger partial charge in [-0.25, -0.2) is 4.79 Å². The largest absolute Gasteiger partial charge is 0.466 e. The number of anilines is 1. The van der Waals surface area contributed by atoms with Crippen LogP contribution >= 0.6 is 0 Å². The van der Waals surface area contributed by atoms with Gasteiger partial charge >= 0.3 is 5.97 Å². The molecular formula is C20H19N3O5. The Labute approximate surface area is 161 Å². The Kier molecular flexibility index (Phi) is 4.68. The van der Waals surface area contributed by atoms with E-state index in [1.165, 1.54) is 0 Å². The van der Waals surface area contributed by atoms with Crippen LogP contribution in [0.3, 0.4) is 0 Å². The van der Waals surface area contributed by atoms with Gasteiger partial charge in [0.25, 0.3) is 11.8 Å².